The summed E-state index contributed by atoms with van der Waals surface area (Å²) in [7, 11) is 0. The number of hydrogen-bond acceptors (Lipinski definition) is 4. The molecule has 0 unspecified atom stereocenters. The maximum Gasteiger partial charge on any atom is 0.335 e. The summed E-state index contributed by atoms with van der Waals surface area (Å²) in [4.78, 5) is 22.8. The topological polar surface area (TPSA) is 104 Å². The molecule has 0 bridgehead atoms. The number of carboxylic acids is 1. The van der Waals surface area contributed by atoms with Crippen LogP contribution in [0.4, 0.5) is 10.5 Å². The van der Waals surface area contributed by atoms with Crippen molar-refractivity contribution in [2.75, 3.05) is 5.32 Å². The molecule has 1 saturated carbocycles. The van der Waals surface area contributed by atoms with Crippen LogP contribution in [0.25, 0.3) is 0 Å². The lowest BCUT2D eigenvalue weighted by Gasteiger charge is -2.08. The Hall–Kier alpha value is -2.83. The van der Waals surface area contributed by atoms with Crippen LogP contribution in [0.1, 0.15) is 46.1 Å². The Labute approximate surface area is 132 Å². The van der Waals surface area contributed by atoms with E-state index in [1.54, 1.807) is 19.1 Å². The number of carboxylic acid groups (broad SMARTS) is 1. The van der Waals surface area contributed by atoms with Gasteiger partial charge >= 0.3 is 12.0 Å². The van der Waals surface area contributed by atoms with E-state index < -0.39 is 5.97 Å². The molecule has 1 aromatic heterocycles. The van der Waals surface area contributed by atoms with Crippen LogP contribution >= 0.6 is 0 Å². The van der Waals surface area contributed by atoms with Gasteiger partial charge in [0.15, 0.2) is 5.76 Å². The second kappa shape index (κ2) is 6.12. The summed E-state index contributed by atoms with van der Waals surface area (Å²) >= 11 is 0. The molecule has 0 spiro atoms. The van der Waals surface area contributed by atoms with Gasteiger partial charge < -0.3 is 20.3 Å². The zero-order valence-electron chi connectivity index (χ0n) is 12.6. The van der Waals surface area contributed by atoms with Crippen molar-refractivity contribution < 1.29 is 19.2 Å². The molecule has 120 valence electrons. The average Bonchev–Trinajstić information content (AvgIpc) is 3.31. The van der Waals surface area contributed by atoms with E-state index in [2.05, 4.69) is 15.8 Å². The van der Waals surface area contributed by atoms with Gasteiger partial charge in [-0.2, -0.15) is 0 Å². The lowest BCUT2D eigenvalue weighted by Crippen LogP contribution is -2.28. The molecule has 1 aliphatic rings. The van der Waals surface area contributed by atoms with Gasteiger partial charge in [0, 0.05) is 12.5 Å². The number of hydrogen-bond donors (Lipinski definition) is 3. The van der Waals surface area contributed by atoms with Crippen LogP contribution in [0.5, 0.6) is 0 Å². The maximum absolute atomic E-state index is 12.0. The van der Waals surface area contributed by atoms with Crippen LogP contribution in [-0.2, 0) is 6.54 Å². The van der Waals surface area contributed by atoms with Gasteiger partial charge in [0.2, 0.25) is 0 Å². The number of carbonyl (C=O) groups excluding carboxylic acids is 1. The number of aryl methyl sites for hydroxylation is 1. The summed E-state index contributed by atoms with van der Waals surface area (Å²) in [5.74, 6) is 0.122. The Morgan fingerprint density at radius 3 is 2.61 bits per heavy atom. The first kappa shape index (κ1) is 15.1. The Morgan fingerprint density at radius 2 is 2.00 bits per heavy atom. The maximum atomic E-state index is 12.0. The first-order chi connectivity index (χ1) is 11.0. The number of amides is 2. The highest BCUT2D eigenvalue weighted by molar-refractivity contribution is 5.90. The van der Waals surface area contributed by atoms with Gasteiger partial charge in [0.1, 0.15) is 11.4 Å². The normalized spacial score (nSPS) is 13.6. The van der Waals surface area contributed by atoms with Crippen molar-refractivity contribution in [2.45, 2.75) is 32.2 Å². The van der Waals surface area contributed by atoms with Crippen LogP contribution in [0.15, 0.2) is 28.8 Å². The number of benzene rings is 1. The third-order valence-corrected chi connectivity index (χ3v) is 3.73. The Morgan fingerprint density at radius 1 is 1.30 bits per heavy atom. The Balaban J connectivity index is 1.57. The number of anilines is 1. The summed E-state index contributed by atoms with van der Waals surface area (Å²) in [6.45, 7) is 2.09. The molecule has 23 heavy (non-hydrogen) atoms. The molecule has 0 saturated heterocycles. The van der Waals surface area contributed by atoms with Crippen molar-refractivity contribution >= 4 is 17.7 Å². The molecule has 2 aromatic rings. The fourth-order valence-electron chi connectivity index (χ4n) is 2.27. The van der Waals surface area contributed by atoms with Crippen LogP contribution in [0.2, 0.25) is 0 Å². The summed E-state index contributed by atoms with van der Waals surface area (Å²) in [5, 5.41) is 18.3. The second-order valence-electron chi connectivity index (χ2n) is 5.59. The van der Waals surface area contributed by atoms with Crippen molar-refractivity contribution in [1.29, 1.82) is 0 Å². The molecule has 7 nitrogen and oxygen atoms in total. The molecular weight excluding hydrogens is 298 g/mol. The van der Waals surface area contributed by atoms with Gasteiger partial charge in [-0.25, -0.2) is 9.59 Å². The van der Waals surface area contributed by atoms with Crippen molar-refractivity contribution in [3.05, 3.63) is 46.8 Å². The van der Waals surface area contributed by atoms with Crippen molar-refractivity contribution in [2.24, 2.45) is 0 Å². The highest BCUT2D eigenvalue weighted by Gasteiger charge is 2.32. The molecule has 0 aliphatic heterocycles. The monoisotopic (exact) mass is 315 g/mol. The molecular formula is C16H17N3O4. The first-order valence-corrected chi connectivity index (χ1v) is 7.38. The van der Waals surface area contributed by atoms with Crippen molar-refractivity contribution in [1.82, 2.24) is 10.5 Å². The number of carbonyl (C=O) groups is 2. The van der Waals surface area contributed by atoms with E-state index in [-0.39, 0.29) is 11.6 Å². The molecule has 1 aromatic carbocycles. The predicted molar refractivity (Wildman–Crippen MR) is 82.5 cm³/mol. The van der Waals surface area contributed by atoms with E-state index in [1.165, 1.54) is 12.1 Å². The Kier molecular flexibility index (Phi) is 4.01. The largest absolute Gasteiger partial charge is 0.478 e. The van der Waals surface area contributed by atoms with Gasteiger partial charge in [-0.3, -0.25) is 0 Å². The Bertz CT molecular complexity index is 732. The van der Waals surface area contributed by atoms with Gasteiger partial charge in [0.05, 0.1) is 5.56 Å². The summed E-state index contributed by atoms with van der Waals surface area (Å²) < 4.78 is 5.27. The molecule has 1 fully saturated rings. The smallest absolute Gasteiger partial charge is 0.335 e. The van der Waals surface area contributed by atoms with Gasteiger partial charge in [-0.15, -0.1) is 0 Å². The molecule has 7 heteroatoms. The predicted octanol–water partition coefficient (Wildman–Crippen LogP) is 2.88. The average molecular weight is 315 g/mol. The lowest BCUT2D eigenvalue weighted by molar-refractivity contribution is 0.0697. The van der Waals surface area contributed by atoms with Crippen LogP contribution in [0, 0.1) is 6.92 Å². The van der Waals surface area contributed by atoms with E-state index in [4.69, 9.17) is 9.63 Å². The quantitative estimate of drug-likeness (QED) is 0.787. The number of aromatic carboxylic acids is 1. The van der Waals surface area contributed by atoms with Gasteiger partial charge in [-0.1, -0.05) is 17.3 Å². The SMILES string of the molecule is Cc1noc(C2CC2)c1NC(=O)NCc1ccc(C(=O)O)cc1. The minimum absolute atomic E-state index is 0.215. The van der Waals surface area contributed by atoms with Crippen LogP contribution in [0.3, 0.4) is 0 Å². The number of urea groups is 1. The summed E-state index contributed by atoms with van der Waals surface area (Å²) in [6.07, 6.45) is 2.11. The second-order valence-corrected chi connectivity index (χ2v) is 5.59. The van der Waals surface area contributed by atoms with E-state index >= 15 is 0 Å². The van der Waals surface area contributed by atoms with Crippen LogP contribution in [-0.4, -0.2) is 22.3 Å². The molecule has 0 radical (unpaired) electrons. The van der Waals surface area contributed by atoms with Crippen LogP contribution < -0.4 is 10.6 Å². The minimum atomic E-state index is -0.974. The number of nitrogens with one attached hydrogen (secondary N) is 2. The summed E-state index contributed by atoms with van der Waals surface area (Å²) in [6, 6.07) is 6.01. The van der Waals surface area contributed by atoms with Gasteiger partial charge in [-0.05, 0) is 37.5 Å². The number of nitrogens with zero attached hydrogens (tertiary/aromatic N) is 1. The molecule has 2 amide bonds. The zero-order chi connectivity index (χ0) is 16.4. The van der Waals surface area contributed by atoms with E-state index in [0.29, 0.717) is 23.8 Å². The minimum Gasteiger partial charge on any atom is -0.478 e. The highest BCUT2D eigenvalue weighted by Crippen LogP contribution is 2.44. The van der Waals surface area contributed by atoms with Crippen molar-refractivity contribution in [3.63, 3.8) is 0 Å². The molecule has 3 N–H and O–H groups in total. The van der Waals surface area contributed by atoms with E-state index in [9.17, 15) is 9.59 Å². The molecule has 3 rings (SSSR count). The van der Waals surface area contributed by atoms with Crippen molar-refractivity contribution in [3.8, 4) is 0 Å². The third kappa shape index (κ3) is 3.50. The molecule has 0 atom stereocenters. The summed E-state index contributed by atoms with van der Waals surface area (Å²) in [5.41, 5.74) is 2.33. The zero-order valence-corrected chi connectivity index (χ0v) is 12.6. The fourth-order valence-corrected chi connectivity index (χ4v) is 2.27. The fraction of sp³-hybridized carbons (Fsp3) is 0.312. The molecule has 1 heterocycles. The van der Waals surface area contributed by atoms with Gasteiger partial charge in [0.25, 0.3) is 0 Å². The first-order valence-electron chi connectivity index (χ1n) is 7.38. The van der Waals surface area contributed by atoms with E-state index in [0.717, 1.165) is 24.2 Å². The third-order valence-electron chi connectivity index (χ3n) is 3.73. The highest BCUT2D eigenvalue weighted by atomic mass is 16.5. The number of aromatic nitrogens is 1. The lowest BCUT2D eigenvalue weighted by atomic mass is 10.1. The molecule has 1 aliphatic carbocycles. The van der Waals surface area contributed by atoms with E-state index in [1.807, 2.05) is 0 Å². The standard InChI is InChI=1S/C16H17N3O4/c1-9-13(14(23-19-9)11-6-7-11)18-16(22)17-8-10-2-4-12(5-3-10)15(20)21/h2-5,11H,6-8H2,1H3,(H,20,21)(H2,17,18,22). The number of rotatable bonds is 5.